The van der Waals surface area contributed by atoms with Gasteiger partial charge in [0.2, 0.25) is 11.8 Å². The first-order chi connectivity index (χ1) is 6.75. The zero-order valence-electron chi connectivity index (χ0n) is 7.54. The molecule has 0 radical (unpaired) electrons. The maximum atomic E-state index is 11.5. The molecule has 6 heteroatoms. The second-order valence-electron chi connectivity index (χ2n) is 2.78. The van der Waals surface area contributed by atoms with Crippen molar-refractivity contribution in [3.8, 4) is 0 Å². The summed E-state index contributed by atoms with van der Waals surface area (Å²) in [6.45, 7) is 1.70. The van der Waals surface area contributed by atoms with E-state index in [0.717, 1.165) is 0 Å². The van der Waals surface area contributed by atoms with Crippen LogP contribution >= 0.6 is 0 Å². The van der Waals surface area contributed by atoms with Gasteiger partial charge in [-0.1, -0.05) is 5.16 Å². The van der Waals surface area contributed by atoms with Crippen LogP contribution in [-0.2, 0) is 6.42 Å². The SMILES string of the molecule is Cc1noc(CC(=O)n2ccnc2)n1. The van der Waals surface area contributed by atoms with Crippen molar-refractivity contribution in [1.82, 2.24) is 19.7 Å². The molecular formula is C8H8N4O2. The Kier molecular flexibility index (Phi) is 2.10. The predicted octanol–water partition coefficient (Wildman–Crippen LogP) is 0.457. The highest BCUT2D eigenvalue weighted by atomic mass is 16.5. The van der Waals surface area contributed by atoms with Crippen molar-refractivity contribution in [2.75, 3.05) is 0 Å². The molecule has 0 spiro atoms. The molecule has 2 rings (SSSR count). The third kappa shape index (κ3) is 1.68. The number of hydrogen-bond donors (Lipinski definition) is 0. The Morgan fingerprint density at radius 3 is 3.07 bits per heavy atom. The molecule has 0 aliphatic rings. The lowest BCUT2D eigenvalue weighted by atomic mass is 10.4. The van der Waals surface area contributed by atoms with Crippen LogP contribution in [0.3, 0.4) is 0 Å². The number of imidazole rings is 1. The van der Waals surface area contributed by atoms with Crippen LogP contribution < -0.4 is 0 Å². The molecule has 2 aromatic rings. The van der Waals surface area contributed by atoms with Gasteiger partial charge in [-0.2, -0.15) is 4.98 Å². The van der Waals surface area contributed by atoms with Crippen LogP contribution in [0.5, 0.6) is 0 Å². The van der Waals surface area contributed by atoms with E-state index < -0.39 is 0 Å². The molecule has 0 bridgehead atoms. The fraction of sp³-hybridized carbons (Fsp3) is 0.250. The van der Waals surface area contributed by atoms with Crippen molar-refractivity contribution in [1.29, 1.82) is 0 Å². The molecule has 72 valence electrons. The lowest BCUT2D eigenvalue weighted by molar-refractivity contribution is 0.0903. The Bertz CT molecular complexity index is 432. The van der Waals surface area contributed by atoms with E-state index in [-0.39, 0.29) is 12.3 Å². The van der Waals surface area contributed by atoms with Gasteiger partial charge in [-0.3, -0.25) is 9.36 Å². The first-order valence-electron chi connectivity index (χ1n) is 4.06. The smallest absolute Gasteiger partial charge is 0.241 e. The average molecular weight is 192 g/mol. The lowest BCUT2D eigenvalue weighted by Gasteiger charge is -1.95. The van der Waals surface area contributed by atoms with E-state index in [1.807, 2.05) is 0 Å². The topological polar surface area (TPSA) is 73.8 Å². The maximum absolute atomic E-state index is 11.5. The molecular weight excluding hydrogens is 184 g/mol. The Morgan fingerprint density at radius 1 is 1.64 bits per heavy atom. The van der Waals surface area contributed by atoms with E-state index in [9.17, 15) is 4.79 Å². The van der Waals surface area contributed by atoms with Gasteiger partial charge < -0.3 is 4.52 Å². The quantitative estimate of drug-likeness (QED) is 0.690. The molecule has 0 atom stereocenters. The van der Waals surface area contributed by atoms with E-state index in [1.165, 1.54) is 17.1 Å². The standard InChI is InChI=1S/C8H8N4O2/c1-6-10-7(14-11-6)4-8(13)12-3-2-9-5-12/h2-3,5H,4H2,1H3. The molecule has 0 unspecified atom stereocenters. The third-order valence-electron chi connectivity index (χ3n) is 1.66. The molecule has 0 fully saturated rings. The molecule has 0 amide bonds. The Hall–Kier alpha value is -1.98. The first kappa shape index (κ1) is 8.61. The van der Waals surface area contributed by atoms with Gasteiger partial charge in [-0.15, -0.1) is 0 Å². The molecule has 14 heavy (non-hydrogen) atoms. The van der Waals surface area contributed by atoms with Gasteiger partial charge in [0, 0.05) is 12.4 Å². The largest absolute Gasteiger partial charge is 0.339 e. The molecule has 0 N–H and O–H groups in total. The number of carbonyl (C=O) groups is 1. The summed E-state index contributed by atoms with van der Waals surface area (Å²) in [6.07, 6.45) is 4.64. The Balaban J connectivity index is 2.09. The molecule has 2 heterocycles. The fourth-order valence-electron chi connectivity index (χ4n) is 1.04. The minimum absolute atomic E-state index is 0.0944. The average Bonchev–Trinajstić information content (AvgIpc) is 2.75. The number of hydrogen-bond acceptors (Lipinski definition) is 5. The van der Waals surface area contributed by atoms with Crippen LogP contribution in [0.15, 0.2) is 23.2 Å². The number of rotatable bonds is 2. The lowest BCUT2D eigenvalue weighted by Crippen LogP contribution is -2.11. The summed E-state index contributed by atoms with van der Waals surface area (Å²) >= 11 is 0. The molecule has 6 nitrogen and oxygen atoms in total. The van der Waals surface area contributed by atoms with E-state index in [2.05, 4.69) is 15.1 Å². The van der Waals surface area contributed by atoms with Crippen LogP contribution in [0.2, 0.25) is 0 Å². The van der Waals surface area contributed by atoms with Crippen molar-refractivity contribution in [2.24, 2.45) is 0 Å². The molecule has 0 aromatic carbocycles. The van der Waals surface area contributed by atoms with Gasteiger partial charge in [0.05, 0.1) is 0 Å². The normalized spacial score (nSPS) is 10.4. The highest BCUT2D eigenvalue weighted by molar-refractivity contribution is 5.80. The summed E-state index contributed by atoms with van der Waals surface area (Å²) in [5.41, 5.74) is 0. The van der Waals surface area contributed by atoms with E-state index in [0.29, 0.717) is 11.7 Å². The molecule has 0 aliphatic carbocycles. The van der Waals surface area contributed by atoms with Crippen LogP contribution in [0.4, 0.5) is 0 Å². The second kappa shape index (κ2) is 3.41. The third-order valence-corrected chi connectivity index (χ3v) is 1.66. The van der Waals surface area contributed by atoms with Gasteiger partial charge in [0.25, 0.3) is 0 Å². The molecule has 0 aliphatic heterocycles. The number of nitrogens with zero attached hydrogens (tertiary/aromatic N) is 4. The minimum Gasteiger partial charge on any atom is -0.339 e. The van der Waals surface area contributed by atoms with E-state index in [1.54, 1.807) is 13.1 Å². The van der Waals surface area contributed by atoms with Gasteiger partial charge in [0.15, 0.2) is 5.82 Å². The molecule has 0 saturated carbocycles. The van der Waals surface area contributed by atoms with Crippen LogP contribution in [0.25, 0.3) is 0 Å². The van der Waals surface area contributed by atoms with Gasteiger partial charge >= 0.3 is 0 Å². The number of aromatic nitrogens is 4. The summed E-state index contributed by atoms with van der Waals surface area (Å²) in [4.78, 5) is 19.2. The molecule has 2 aromatic heterocycles. The van der Waals surface area contributed by atoms with Gasteiger partial charge in [-0.25, -0.2) is 4.98 Å². The van der Waals surface area contributed by atoms with Crippen LogP contribution in [0, 0.1) is 6.92 Å². The molecule has 0 saturated heterocycles. The number of aryl methyl sites for hydroxylation is 1. The summed E-state index contributed by atoms with van der Waals surface area (Å²) in [6, 6.07) is 0. The Morgan fingerprint density at radius 2 is 2.50 bits per heavy atom. The van der Waals surface area contributed by atoms with Crippen LogP contribution in [0.1, 0.15) is 16.5 Å². The fourth-order valence-corrected chi connectivity index (χ4v) is 1.04. The summed E-state index contributed by atoms with van der Waals surface area (Å²) in [5.74, 6) is 0.700. The van der Waals surface area contributed by atoms with Gasteiger partial charge in [0.1, 0.15) is 12.7 Å². The van der Waals surface area contributed by atoms with Gasteiger partial charge in [-0.05, 0) is 6.92 Å². The summed E-state index contributed by atoms with van der Waals surface area (Å²) in [7, 11) is 0. The number of carbonyl (C=O) groups excluding carboxylic acids is 1. The maximum Gasteiger partial charge on any atom is 0.241 e. The monoisotopic (exact) mass is 192 g/mol. The Labute approximate surface area is 79.6 Å². The highest BCUT2D eigenvalue weighted by Crippen LogP contribution is 1.99. The zero-order valence-corrected chi connectivity index (χ0v) is 7.54. The first-order valence-corrected chi connectivity index (χ1v) is 4.06. The van der Waals surface area contributed by atoms with Crippen molar-refractivity contribution in [2.45, 2.75) is 13.3 Å². The van der Waals surface area contributed by atoms with Crippen molar-refractivity contribution >= 4 is 5.91 Å². The zero-order chi connectivity index (χ0) is 9.97. The second-order valence-corrected chi connectivity index (χ2v) is 2.78. The summed E-state index contributed by atoms with van der Waals surface area (Å²) in [5, 5.41) is 3.59. The minimum atomic E-state index is -0.147. The summed E-state index contributed by atoms with van der Waals surface area (Å²) < 4.78 is 6.19. The van der Waals surface area contributed by atoms with E-state index >= 15 is 0 Å². The predicted molar refractivity (Wildman–Crippen MR) is 45.6 cm³/mol. The van der Waals surface area contributed by atoms with Crippen molar-refractivity contribution in [3.63, 3.8) is 0 Å². The van der Waals surface area contributed by atoms with Crippen molar-refractivity contribution in [3.05, 3.63) is 30.4 Å². The van der Waals surface area contributed by atoms with Crippen molar-refractivity contribution < 1.29 is 9.32 Å². The van der Waals surface area contributed by atoms with Crippen LogP contribution in [-0.4, -0.2) is 25.6 Å². The van der Waals surface area contributed by atoms with E-state index in [4.69, 9.17) is 4.52 Å². The highest BCUT2D eigenvalue weighted by Gasteiger charge is 2.10.